The molecular weight excluding hydrogens is 174 g/mol. The summed E-state index contributed by atoms with van der Waals surface area (Å²) >= 11 is 0. The Labute approximate surface area is 84.3 Å². The molecule has 1 aromatic rings. The lowest BCUT2D eigenvalue weighted by molar-refractivity contribution is -0.119. The molecule has 1 aliphatic rings. The first-order valence-electron chi connectivity index (χ1n) is 5.07. The summed E-state index contributed by atoms with van der Waals surface area (Å²) in [6.07, 6.45) is 1.21. The van der Waals surface area contributed by atoms with E-state index in [2.05, 4.69) is 29.6 Å². The van der Waals surface area contributed by atoms with Gasteiger partial charge in [0.2, 0.25) is 5.91 Å². The SMILES string of the molecule is CC(=O)NC[C@H]1C[C@@H]1c1ccccc1. The summed E-state index contributed by atoms with van der Waals surface area (Å²) in [5.74, 6) is 1.40. The molecule has 0 saturated heterocycles. The lowest BCUT2D eigenvalue weighted by Crippen LogP contribution is -2.22. The average molecular weight is 189 g/mol. The van der Waals surface area contributed by atoms with Crippen molar-refractivity contribution in [2.45, 2.75) is 19.3 Å². The zero-order valence-corrected chi connectivity index (χ0v) is 8.36. The largest absolute Gasteiger partial charge is 0.356 e. The van der Waals surface area contributed by atoms with E-state index in [1.54, 1.807) is 6.92 Å². The second-order valence-corrected chi connectivity index (χ2v) is 3.95. The van der Waals surface area contributed by atoms with E-state index < -0.39 is 0 Å². The van der Waals surface area contributed by atoms with Gasteiger partial charge in [0, 0.05) is 13.5 Å². The van der Waals surface area contributed by atoms with Crippen molar-refractivity contribution < 1.29 is 4.79 Å². The fraction of sp³-hybridized carbons (Fsp3) is 0.417. The maximum Gasteiger partial charge on any atom is 0.216 e. The third-order valence-corrected chi connectivity index (χ3v) is 2.76. The van der Waals surface area contributed by atoms with E-state index in [1.807, 2.05) is 6.07 Å². The third-order valence-electron chi connectivity index (χ3n) is 2.76. The van der Waals surface area contributed by atoms with Gasteiger partial charge in [-0.1, -0.05) is 30.3 Å². The summed E-state index contributed by atoms with van der Waals surface area (Å²) in [4.78, 5) is 10.7. The van der Waals surface area contributed by atoms with Crippen molar-refractivity contribution in [3.8, 4) is 0 Å². The van der Waals surface area contributed by atoms with Gasteiger partial charge >= 0.3 is 0 Å². The van der Waals surface area contributed by atoms with Crippen LogP contribution in [0.2, 0.25) is 0 Å². The fourth-order valence-electron chi connectivity index (χ4n) is 1.86. The molecular formula is C12H15NO. The van der Waals surface area contributed by atoms with Gasteiger partial charge in [-0.25, -0.2) is 0 Å². The molecule has 0 aliphatic heterocycles. The number of nitrogens with one attached hydrogen (secondary N) is 1. The van der Waals surface area contributed by atoms with E-state index in [0.29, 0.717) is 11.8 Å². The summed E-state index contributed by atoms with van der Waals surface area (Å²) < 4.78 is 0. The van der Waals surface area contributed by atoms with Gasteiger partial charge in [-0.3, -0.25) is 4.79 Å². The second kappa shape index (κ2) is 3.82. The van der Waals surface area contributed by atoms with Crippen LogP contribution < -0.4 is 5.32 Å². The average Bonchev–Trinajstić information content (AvgIpc) is 2.95. The first-order chi connectivity index (χ1) is 6.77. The van der Waals surface area contributed by atoms with Crippen LogP contribution in [0.15, 0.2) is 30.3 Å². The quantitative estimate of drug-likeness (QED) is 0.773. The lowest BCUT2D eigenvalue weighted by Gasteiger charge is -2.01. The summed E-state index contributed by atoms with van der Waals surface area (Å²) in [6, 6.07) is 10.5. The van der Waals surface area contributed by atoms with E-state index >= 15 is 0 Å². The van der Waals surface area contributed by atoms with Gasteiger partial charge in [-0.2, -0.15) is 0 Å². The molecule has 74 valence electrons. The van der Waals surface area contributed by atoms with Crippen LogP contribution in [0.3, 0.4) is 0 Å². The fourth-order valence-corrected chi connectivity index (χ4v) is 1.86. The number of amides is 1. The first kappa shape index (κ1) is 9.25. The van der Waals surface area contributed by atoms with Crippen molar-refractivity contribution in [2.75, 3.05) is 6.54 Å². The highest BCUT2D eigenvalue weighted by Gasteiger charge is 2.37. The normalized spacial score (nSPS) is 24.4. The van der Waals surface area contributed by atoms with Crippen molar-refractivity contribution in [3.63, 3.8) is 0 Å². The standard InChI is InChI=1S/C12H15NO/c1-9(14)13-8-11-7-12(11)10-5-3-2-4-6-10/h2-6,11-12H,7-8H2,1H3,(H,13,14)/t11-,12-/m1/s1. The molecule has 2 rings (SSSR count). The molecule has 2 heteroatoms. The molecule has 0 bridgehead atoms. The van der Waals surface area contributed by atoms with Gasteiger partial charge < -0.3 is 5.32 Å². The Balaban J connectivity index is 1.85. The van der Waals surface area contributed by atoms with Crippen LogP contribution in [-0.2, 0) is 4.79 Å². The molecule has 1 aromatic carbocycles. The number of carbonyl (C=O) groups excluding carboxylic acids is 1. The molecule has 1 saturated carbocycles. The van der Waals surface area contributed by atoms with Crippen LogP contribution in [-0.4, -0.2) is 12.5 Å². The minimum atomic E-state index is 0.0729. The van der Waals surface area contributed by atoms with Crippen molar-refractivity contribution in [2.24, 2.45) is 5.92 Å². The predicted molar refractivity (Wildman–Crippen MR) is 56.0 cm³/mol. The van der Waals surface area contributed by atoms with Crippen molar-refractivity contribution in [3.05, 3.63) is 35.9 Å². The Morgan fingerprint density at radius 3 is 2.79 bits per heavy atom. The number of hydrogen-bond acceptors (Lipinski definition) is 1. The van der Waals surface area contributed by atoms with Crippen LogP contribution in [0.4, 0.5) is 0 Å². The summed E-state index contributed by atoms with van der Waals surface area (Å²) in [5, 5.41) is 2.87. The monoisotopic (exact) mass is 189 g/mol. The molecule has 2 nitrogen and oxygen atoms in total. The molecule has 0 radical (unpaired) electrons. The first-order valence-corrected chi connectivity index (χ1v) is 5.07. The molecule has 2 atom stereocenters. The molecule has 0 spiro atoms. The summed E-state index contributed by atoms with van der Waals surface area (Å²) in [6.45, 7) is 2.40. The highest BCUT2D eigenvalue weighted by molar-refractivity contribution is 5.72. The van der Waals surface area contributed by atoms with Gasteiger partial charge in [0.25, 0.3) is 0 Å². The Morgan fingerprint density at radius 1 is 1.43 bits per heavy atom. The van der Waals surface area contributed by atoms with Gasteiger partial charge in [0.05, 0.1) is 0 Å². The smallest absolute Gasteiger partial charge is 0.216 e. The summed E-state index contributed by atoms with van der Waals surface area (Å²) in [7, 11) is 0. The van der Waals surface area contributed by atoms with Crippen molar-refractivity contribution in [1.82, 2.24) is 5.32 Å². The molecule has 1 N–H and O–H groups in total. The number of carbonyl (C=O) groups is 1. The number of hydrogen-bond donors (Lipinski definition) is 1. The maximum absolute atomic E-state index is 10.7. The topological polar surface area (TPSA) is 29.1 Å². The maximum atomic E-state index is 10.7. The van der Waals surface area contributed by atoms with Crippen molar-refractivity contribution >= 4 is 5.91 Å². The molecule has 0 unspecified atom stereocenters. The van der Waals surface area contributed by atoms with E-state index in [0.717, 1.165) is 6.54 Å². The number of rotatable bonds is 3. The molecule has 1 amide bonds. The third kappa shape index (κ3) is 2.13. The zero-order chi connectivity index (χ0) is 9.97. The van der Waals surface area contributed by atoms with Crippen LogP contribution in [0.1, 0.15) is 24.8 Å². The predicted octanol–water partition coefficient (Wildman–Crippen LogP) is 1.93. The minimum absolute atomic E-state index is 0.0729. The Morgan fingerprint density at radius 2 is 2.14 bits per heavy atom. The van der Waals surface area contributed by atoms with Crippen LogP contribution in [0, 0.1) is 5.92 Å². The van der Waals surface area contributed by atoms with E-state index in [1.165, 1.54) is 12.0 Å². The summed E-state index contributed by atoms with van der Waals surface area (Å²) in [5.41, 5.74) is 1.41. The van der Waals surface area contributed by atoms with E-state index in [9.17, 15) is 4.79 Å². The zero-order valence-electron chi connectivity index (χ0n) is 8.36. The Bertz CT molecular complexity index is 320. The van der Waals surface area contributed by atoms with Crippen LogP contribution >= 0.6 is 0 Å². The van der Waals surface area contributed by atoms with Crippen molar-refractivity contribution in [1.29, 1.82) is 0 Å². The molecule has 1 fully saturated rings. The van der Waals surface area contributed by atoms with Crippen LogP contribution in [0.25, 0.3) is 0 Å². The highest BCUT2D eigenvalue weighted by Crippen LogP contribution is 2.46. The van der Waals surface area contributed by atoms with Gasteiger partial charge in [0.15, 0.2) is 0 Å². The van der Waals surface area contributed by atoms with Gasteiger partial charge in [-0.15, -0.1) is 0 Å². The Kier molecular flexibility index (Phi) is 2.53. The van der Waals surface area contributed by atoms with Gasteiger partial charge in [0.1, 0.15) is 0 Å². The highest BCUT2D eigenvalue weighted by atomic mass is 16.1. The van der Waals surface area contributed by atoms with Crippen LogP contribution in [0.5, 0.6) is 0 Å². The van der Waals surface area contributed by atoms with E-state index in [4.69, 9.17) is 0 Å². The molecule has 1 aliphatic carbocycles. The van der Waals surface area contributed by atoms with Gasteiger partial charge in [-0.05, 0) is 23.8 Å². The Hall–Kier alpha value is -1.31. The second-order valence-electron chi connectivity index (χ2n) is 3.95. The van der Waals surface area contributed by atoms with E-state index in [-0.39, 0.29) is 5.91 Å². The lowest BCUT2D eigenvalue weighted by atomic mass is 10.1. The number of benzene rings is 1. The molecule has 14 heavy (non-hydrogen) atoms. The molecule has 0 aromatic heterocycles. The molecule has 0 heterocycles. The minimum Gasteiger partial charge on any atom is -0.356 e.